The molecule has 0 N–H and O–H groups in total. The zero-order valence-electron chi connectivity index (χ0n) is 15.3. The maximum atomic E-state index is 13.1. The Hall–Kier alpha value is -1.98. The predicted octanol–water partition coefficient (Wildman–Crippen LogP) is 3.28. The highest BCUT2D eigenvalue weighted by atomic mass is 16.5. The van der Waals surface area contributed by atoms with E-state index >= 15 is 0 Å². The van der Waals surface area contributed by atoms with Crippen molar-refractivity contribution in [3.8, 4) is 0 Å². The molecule has 1 aromatic carbocycles. The van der Waals surface area contributed by atoms with E-state index in [1.807, 2.05) is 35.2 Å². The Morgan fingerprint density at radius 2 is 2.12 bits per heavy atom. The molecule has 0 unspecified atom stereocenters. The third-order valence-electron chi connectivity index (χ3n) is 6.05. The molecule has 4 rings (SSSR count). The number of carbonyl (C=O) groups excluding carboxylic acids is 1. The summed E-state index contributed by atoms with van der Waals surface area (Å²) in [6, 6.07) is 9.67. The Labute approximate surface area is 154 Å². The van der Waals surface area contributed by atoms with Gasteiger partial charge in [-0.25, -0.2) is 0 Å². The van der Waals surface area contributed by atoms with Crippen molar-refractivity contribution in [2.75, 3.05) is 33.4 Å². The molecule has 1 aromatic heterocycles. The fourth-order valence-corrected chi connectivity index (χ4v) is 4.55. The fraction of sp³-hybridized carbons (Fsp3) is 0.524. The molecule has 0 bridgehead atoms. The van der Waals surface area contributed by atoms with Crippen molar-refractivity contribution < 1.29 is 14.3 Å². The number of amides is 1. The van der Waals surface area contributed by atoms with Crippen LogP contribution in [0.25, 0.3) is 10.9 Å². The third kappa shape index (κ3) is 3.10. The van der Waals surface area contributed by atoms with Gasteiger partial charge in [-0.15, -0.1) is 0 Å². The van der Waals surface area contributed by atoms with Crippen LogP contribution in [0.3, 0.4) is 0 Å². The average Bonchev–Trinajstić information content (AvgIpc) is 3.08. The summed E-state index contributed by atoms with van der Waals surface area (Å²) in [7, 11) is 1.75. The molecule has 1 amide bonds. The minimum Gasteiger partial charge on any atom is -0.385 e. The van der Waals surface area contributed by atoms with Crippen molar-refractivity contribution >= 4 is 16.8 Å². The van der Waals surface area contributed by atoms with E-state index in [-0.39, 0.29) is 11.5 Å². The Morgan fingerprint density at radius 1 is 1.31 bits per heavy atom. The number of fused-ring (bicyclic) bond motifs is 1. The van der Waals surface area contributed by atoms with Crippen LogP contribution in [0.2, 0.25) is 0 Å². The van der Waals surface area contributed by atoms with Crippen molar-refractivity contribution in [2.24, 2.45) is 5.92 Å². The first-order valence-electron chi connectivity index (χ1n) is 9.49. The van der Waals surface area contributed by atoms with E-state index in [2.05, 4.69) is 4.98 Å². The van der Waals surface area contributed by atoms with Gasteiger partial charge in [-0.05, 0) is 43.7 Å². The number of nitrogens with zero attached hydrogens (tertiary/aromatic N) is 2. The van der Waals surface area contributed by atoms with Gasteiger partial charge in [-0.2, -0.15) is 0 Å². The normalized spacial score (nSPS) is 22.2. The second-order valence-corrected chi connectivity index (χ2v) is 7.35. The van der Waals surface area contributed by atoms with Crippen LogP contribution in [0.4, 0.5) is 0 Å². The molecule has 3 heterocycles. The topological polar surface area (TPSA) is 51.7 Å². The van der Waals surface area contributed by atoms with Gasteiger partial charge in [0, 0.05) is 45.0 Å². The lowest BCUT2D eigenvalue weighted by molar-refractivity contribution is -0.0661. The first-order chi connectivity index (χ1) is 12.7. The van der Waals surface area contributed by atoms with E-state index in [9.17, 15) is 4.79 Å². The van der Waals surface area contributed by atoms with Gasteiger partial charge in [-0.1, -0.05) is 18.2 Å². The molecular weight excluding hydrogens is 328 g/mol. The molecule has 0 radical (unpaired) electrons. The Morgan fingerprint density at radius 3 is 2.92 bits per heavy atom. The number of benzene rings is 1. The summed E-state index contributed by atoms with van der Waals surface area (Å²) < 4.78 is 11.5. The standard InChI is InChI=1S/C21H26N2O3/c1-25-14-7-16-8-15-26-21(16)9-12-23(13-10-21)20(24)18-6-11-22-19-5-3-2-4-17(18)19/h2-6,11,16H,7-10,12-15H2,1H3/t16-/m0/s1. The lowest BCUT2D eigenvalue weighted by Crippen LogP contribution is -2.49. The lowest BCUT2D eigenvalue weighted by Gasteiger charge is -2.42. The molecule has 2 saturated heterocycles. The van der Waals surface area contributed by atoms with E-state index in [0.29, 0.717) is 5.92 Å². The number of para-hydroxylation sites is 1. The van der Waals surface area contributed by atoms with E-state index in [0.717, 1.165) is 68.5 Å². The summed E-state index contributed by atoms with van der Waals surface area (Å²) in [5.74, 6) is 0.645. The summed E-state index contributed by atoms with van der Waals surface area (Å²) in [5.41, 5.74) is 1.55. The molecular formula is C21H26N2O3. The molecule has 2 aliphatic rings. The van der Waals surface area contributed by atoms with Crippen LogP contribution < -0.4 is 0 Å². The third-order valence-corrected chi connectivity index (χ3v) is 6.05. The SMILES string of the molecule is COCC[C@H]1CCOC12CCN(C(=O)c1ccnc3ccccc13)CC2. The molecule has 0 saturated carbocycles. The van der Waals surface area contributed by atoms with Gasteiger partial charge >= 0.3 is 0 Å². The van der Waals surface area contributed by atoms with Crippen LogP contribution in [0.1, 0.15) is 36.0 Å². The van der Waals surface area contributed by atoms with Crippen LogP contribution in [0.15, 0.2) is 36.5 Å². The van der Waals surface area contributed by atoms with Crippen molar-refractivity contribution in [3.05, 3.63) is 42.1 Å². The smallest absolute Gasteiger partial charge is 0.254 e. The summed E-state index contributed by atoms with van der Waals surface area (Å²) >= 11 is 0. The number of carbonyl (C=O) groups is 1. The van der Waals surface area contributed by atoms with Crippen molar-refractivity contribution in [1.29, 1.82) is 0 Å². The van der Waals surface area contributed by atoms with Gasteiger partial charge < -0.3 is 14.4 Å². The minimum absolute atomic E-state index is 0.0599. The van der Waals surface area contributed by atoms with Crippen LogP contribution in [-0.4, -0.2) is 54.8 Å². The number of hydrogen-bond donors (Lipinski definition) is 0. The van der Waals surface area contributed by atoms with E-state index in [1.54, 1.807) is 13.3 Å². The first-order valence-corrected chi connectivity index (χ1v) is 9.49. The second kappa shape index (κ2) is 7.33. The molecule has 2 fully saturated rings. The molecule has 1 spiro atoms. The highest BCUT2D eigenvalue weighted by Gasteiger charge is 2.46. The molecule has 0 aliphatic carbocycles. The van der Waals surface area contributed by atoms with Gasteiger partial charge in [0.1, 0.15) is 0 Å². The number of aromatic nitrogens is 1. The maximum Gasteiger partial charge on any atom is 0.254 e. The molecule has 138 valence electrons. The number of rotatable bonds is 4. The number of ether oxygens (including phenoxy) is 2. The van der Waals surface area contributed by atoms with E-state index in [4.69, 9.17) is 9.47 Å². The summed E-state index contributed by atoms with van der Waals surface area (Å²) in [6.45, 7) is 3.11. The summed E-state index contributed by atoms with van der Waals surface area (Å²) in [5, 5.41) is 0.926. The number of hydrogen-bond acceptors (Lipinski definition) is 4. The van der Waals surface area contributed by atoms with Gasteiger partial charge in [-0.3, -0.25) is 9.78 Å². The van der Waals surface area contributed by atoms with Crippen molar-refractivity contribution in [3.63, 3.8) is 0 Å². The minimum atomic E-state index is -0.0599. The van der Waals surface area contributed by atoms with Gasteiger partial charge in [0.25, 0.3) is 5.91 Å². The fourth-order valence-electron chi connectivity index (χ4n) is 4.55. The summed E-state index contributed by atoms with van der Waals surface area (Å²) in [6.07, 6.45) is 5.69. The van der Waals surface area contributed by atoms with Crippen molar-refractivity contribution in [1.82, 2.24) is 9.88 Å². The number of pyridine rings is 1. The zero-order valence-corrected chi connectivity index (χ0v) is 15.3. The summed E-state index contributed by atoms with van der Waals surface area (Å²) in [4.78, 5) is 19.4. The Bertz CT molecular complexity index is 778. The monoisotopic (exact) mass is 354 g/mol. The first kappa shape index (κ1) is 17.4. The molecule has 5 nitrogen and oxygen atoms in total. The van der Waals surface area contributed by atoms with Gasteiger partial charge in [0.2, 0.25) is 0 Å². The quantitative estimate of drug-likeness (QED) is 0.845. The molecule has 2 aromatic rings. The van der Waals surface area contributed by atoms with Gasteiger partial charge in [0.05, 0.1) is 16.7 Å². The highest BCUT2D eigenvalue weighted by Crippen LogP contribution is 2.42. The van der Waals surface area contributed by atoms with Crippen LogP contribution in [0, 0.1) is 5.92 Å². The molecule has 5 heteroatoms. The second-order valence-electron chi connectivity index (χ2n) is 7.35. The van der Waals surface area contributed by atoms with Crippen LogP contribution in [0.5, 0.6) is 0 Å². The predicted molar refractivity (Wildman–Crippen MR) is 100 cm³/mol. The van der Waals surface area contributed by atoms with Gasteiger partial charge in [0.15, 0.2) is 0 Å². The van der Waals surface area contributed by atoms with E-state index in [1.165, 1.54) is 0 Å². The number of piperidine rings is 1. The molecule has 1 atom stereocenters. The molecule has 2 aliphatic heterocycles. The number of methoxy groups -OCH3 is 1. The zero-order chi connectivity index (χ0) is 18.0. The van der Waals surface area contributed by atoms with Crippen LogP contribution >= 0.6 is 0 Å². The lowest BCUT2D eigenvalue weighted by atomic mass is 9.78. The van der Waals surface area contributed by atoms with E-state index < -0.39 is 0 Å². The highest BCUT2D eigenvalue weighted by molar-refractivity contribution is 6.06. The molecule has 26 heavy (non-hydrogen) atoms. The van der Waals surface area contributed by atoms with Crippen molar-refractivity contribution in [2.45, 2.75) is 31.3 Å². The average molecular weight is 354 g/mol. The maximum absolute atomic E-state index is 13.1. The van der Waals surface area contributed by atoms with Crippen LogP contribution in [-0.2, 0) is 9.47 Å². The largest absolute Gasteiger partial charge is 0.385 e. The Kier molecular flexibility index (Phi) is 4.92. The Balaban J connectivity index is 1.48. The number of likely N-dealkylation sites (tertiary alicyclic amines) is 1.